The van der Waals surface area contributed by atoms with Crippen molar-refractivity contribution in [3.63, 3.8) is 0 Å². The van der Waals surface area contributed by atoms with Crippen molar-refractivity contribution >= 4 is 21.6 Å². The molecular weight excluding hydrogens is 280 g/mol. The molecule has 1 aromatic carbocycles. The van der Waals surface area contributed by atoms with Crippen LogP contribution in [0.5, 0.6) is 0 Å². The van der Waals surface area contributed by atoms with Gasteiger partial charge in [0.15, 0.2) is 0 Å². The molecule has 0 aliphatic rings. The van der Waals surface area contributed by atoms with Crippen LogP contribution >= 0.6 is 15.9 Å². The molecule has 4 heteroatoms. The summed E-state index contributed by atoms with van der Waals surface area (Å²) in [7, 11) is 0. The molecule has 0 amide bonds. The molecule has 0 aromatic heterocycles. The first-order valence-electron chi connectivity index (χ1n) is 5.79. The molecule has 0 fully saturated rings. The van der Waals surface area contributed by atoms with E-state index < -0.39 is 0 Å². The Hall–Kier alpha value is -1.05. The molecule has 0 aliphatic carbocycles. The molecule has 0 bridgehead atoms. The highest BCUT2D eigenvalue weighted by Crippen LogP contribution is 2.23. The standard InChI is InChI=1S/C13H17BrN2O/c1-2-7-17-8-3-6-16-13-5-4-11(10-15)9-12(13)14/h4-5,9,16H,2-3,6-8H2,1H3. The average Bonchev–Trinajstić information content (AvgIpc) is 2.35. The molecular formula is C13H17BrN2O. The Kier molecular flexibility index (Phi) is 6.68. The number of nitrogens with one attached hydrogen (secondary N) is 1. The first-order chi connectivity index (χ1) is 8.27. The van der Waals surface area contributed by atoms with E-state index in [1.54, 1.807) is 6.07 Å². The van der Waals surface area contributed by atoms with E-state index in [0.29, 0.717) is 5.56 Å². The van der Waals surface area contributed by atoms with Crippen LogP contribution < -0.4 is 5.32 Å². The number of ether oxygens (including phenoxy) is 1. The third-order valence-electron chi connectivity index (χ3n) is 2.23. The largest absolute Gasteiger partial charge is 0.384 e. The van der Waals surface area contributed by atoms with Gasteiger partial charge in [-0.2, -0.15) is 5.26 Å². The summed E-state index contributed by atoms with van der Waals surface area (Å²) in [6.07, 6.45) is 2.04. The van der Waals surface area contributed by atoms with E-state index >= 15 is 0 Å². The fourth-order valence-corrected chi connectivity index (χ4v) is 1.89. The Bertz CT molecular complexity index is 387. The molecule has 0 aliphatic heterocycles. The topological polar surface area (TPSA) is 45.0 Å². The third-order valence-corrected chi connectivity index (χ3v) is 2.88. The number of hydrogen-bond acceptors (Lipinski definition) is 3. The first-order valence-corrected chi connectivity index (χ1v) is 6.58. The molecule has 0 radical (unpaired) electrons. The normalized spacial score (nSPS) is 9.94. The Morgan fingerprint density at radius 3 is 2.88 bits per heavy atom. The number of halogens is 1. The number of anilines is 1. The molecule has 0 spiro atoms. The van der Waals surface area contributed by atoms with Crippen LogP contribution in [-0.2, 0) is 4.74 Å². The van der Waals surface area contributed by atoms with Crippen LogP contribution in [0, 0.1) is 11.3 Å². The van der Waals surface area contributed by atoms with Crippen LogP contribution in [0.4, 0.5) is 5.69 Å². The number of nitriles is 1. The number of rotatable bonds is 7. The van der Waals surface area contributed by atoms with Crippen molar-refractivity contribution in [3.8, 4) is 6.07 Å². The molecule has 1 aromatic rings. The quantitative estimate of drug-likeness (QED) is 0.783. The van der Waals surface area contributed by atoms with Gasteiger partial charge in [-0.05, 0) is 47.0 Å². The summed E-state index contributed by atoms with van der Waals surface area (Å²) >= 11 is 3.44. The minimum absolute atomic E-state index is 0.661. The van der Waals surface area contributed by atoms with Crippen LogP contribution in [0.3, 0.4) is 0 Å². The second-order valence-electron chi connectivity index (χ2n) is 3.70. The van der Waals surface area contributed by atoms with Crippen molar-refractivity contribution in [1.29, 1.82) is 5.26 Å². The van der Waals surface area contributed by atoms with Gasteiger partial charge in [-0.1, -0.05) is 6.92 Å². The van der Waals surface area contributed by atoms with Gasteiger partial charge in [0, 0.05) is 29.9 Å². The fourth-order valence-electron chi connectivity index (χ4n) is 1.37. The van der Waals surface area contributed by atoms with Gasteiger partial charge in [0.1, 0.15) is 0 Å². The Morgan fingerprint density at radius 1 is 1.41 bits per heavy atom. The van der Waals surface area contributed by atoms with Gasteiger partial charge in [-0.15, -0.1) is 0 Å². The van der Waals surface area contributed by atoms with E-state index in [2.05, 4.69) is 34.2 Å². The summed E-state index contributed by atoms with van der Waals surface area (Å²) in [6.45, 7) is 4.59. The highest BCUT2D eigenvalue weighted by Gasteiger charge is 2.00. The summed E-state index contributed by atoms with van der Waals surface area (Å²) in [6, 6.07) is 7.64. The van der Waals surface area contributed by atoms with Gasteiger partial charge in [0.2, 0.25) is 0 Å². The predicted octanol–water partition coefficient (Wildman–Crippen LogP) is 3.55. The zero-order valence-electron chi connectivity index (χ0n) is 10.0. The predicted molar refractivity (Wildman–Crippen MR) is 73.1 cm³/mol. The van der Waals surface area contributed by atoms with Crippen molar-refractivity contribution in [2.45, 2.75) is 19.8 Å². The first kappa shape index (κ1) is 14.0. The van der Waals surface area contributed by atoms with Gasteiger partial charge in [-0.3, -0.25) is 0 Å². The SMILES string of the molecule is CCCOCCCNc1ccc(C#N)cc1Br. The van der Waals surface area contributed by atoms with Crippen molar-refractivity contribution in [1.82, 2.24) is 0 Å². The molecule has 0 saturated heterocycles. The molecule has 3 nitrogen and oxygen atoms in total. The maximum Gasteiger partial charge on any atom is 0.0992 e. The van der Waals surface area contributed by atoms with Crippen molar-refractivity contribution < 1.29 is 4.74 Å². The minimum atomic E-state index is 0.661. The molecule has 1 rings (SSSR count). The van der Waals surface area contributed by atoms with Crippen LogP contribution in [0.25, 0.3) is 0 Å². The van der Waals surface area contributed by atoms with Crippen LogP contribution in [0.1, 0.15) is 25.3 Å². The lowest BCUT2D eigenvalue weighted by Crippen LogP contribution is -2.06. The highest BCUT2D eigenvalue weighted by molar-refractivity contribution is 9.10. The van der Waals surface area contributed by atoms with Crippen LogP contribution in [0.15, 0.2) is 22.7 Å². The maximum absolute atomic E-state index is 8.74. The molecule has 1 N–H and O–H groups in total. The third kappa shape index (κ3) is 5.20. The van der Waals surface area contributed by atoms with E-state index in [0.717, 1.165) is 42.8 Å². The second-order valence-corrected chi connectivity index (χ2v) is 4.55. The van der Waals surface area contributed by atoms with E-state index in [-0.39, 0.29) is 0 Å². The van der Waals surface area contributed by atoms with E-state index in [1.165, 1.54) is 0 Å². The van der Waals surface area contributed by atoms with E-state index in [4.69, 9.17) is 10.00 Å². The van der Waals surface area contributed by atoms with Gasteiger partial charge in [0.25, 0.3) is 0 Å². The van der Waals surface area contributed by atoms with E-state index in [1.807, 2.05) is 12.1 Å². The molecule has 0 atom stereocenters. The van der Waals surface area contributed by atoms with Gasteiger partial charge >= 0.3 is 0 Å². The molecule has 92 valence electrons. The zero-order chi connectivity index (χ0) is 12.5. The average molecular weight is 297 g/mol. The van der Waals surface area contributed by atoms with Gasteiger partial charge in [0.05, 0.1) is 11.6 Å². The molecule has 17 heavy (non-hydrogen) atoms. The fraction of sp³-hybridized carbons (Fsp3) is 0.462. The lowest BCUT2D eigenvalue weighted by molar-refractivity contribution is 0.134. The van der Waals surface area contributed by atoms with Gasteiger partial charge < -0.3 is 10.1 Å². The number of nitrogens with zero attached hydrogens (tertiary/aromatic N) is 1. The highest BCUT2D eigenvalue weighted by atomic mass is 79.9. The number of benzene rings is 1. The molecule has 0 unspecified atom stereocenters. The minimum Gasteiger partial charge on any atom is -0.384 e. The summed E-state index contributed by atoms with van der Waals surface area (Å²) in [5.41, 5.74) is 1.67. The zero-order valence-corrected chi connectivity index (χ0v) is 11.6. The molecule has 0 saturated carbocycles. The summed E-state index contributed by atoms with van der Waals surface area (Å²) in [4.78, 5) is 0. The second kappa shape index (κ2) is 8.10. The summed E-state index contributed by atoms with van der Waals surface area (Å²) < 4.78 is 6.31. The van der Waals surface area contributed by atoms with Crippen molar-refractivity contribution in [2.24, 2.45) is 0 Å². The maximum atomic E-state index is 8.74. The summed E-state index contributed by atoms with van der Waals surface area (Å²) in [5.74, 6) is 0. The van der Waals surface area contributed by atoms with Crippen molar-refractivity contribution in [2.75, 3.05) is 25.1 Å². The van der Waals surface area contributed by atoms with Crippen LogP contribution in [0.2, 0.25) is 0 Å². The molecule has 0 heterocycles. The number of hydrogen-bond donors (Lipinski definition) is 1. The van der Waals surface area contributed by atoms with E-state index in [9.17, 15) is 0 Å². The lowest BCUT2D eigenvalue weighted by atomic mass is 10.2. The van der Waals surface area contributed by atoms with Crippen molar-refractivity contribution in [3.05, 3.63) is 28.2 Å². The Balaban J connectivity index is 2.30. The van der Waals surface area contributed by atoms with Crippen LogP contribution in [-0.4, -0.2) is 19.8 Å². The Morgan fingerprint density at radius 2 is 2.24 bits per heavy atom. The monoisotopic (exact) mass is 296 g/mol. The Labute approximate surface area is 111 Å². The smallest absolute Gasteiger partial charge is 0.0992 e. The lowest BCUT2D eigenvalue weighted by Gasteiger charge is -2.08. The van der Waals surface area contributed by atoms with Gasteiger partial charge in [-0.25, -0.2) is 0 Å². The summed E-state index contributed by atoms with van der Waals surface area (Å²) in [5, 5.41) is 12.0.